The van der Waals surface area contributed by atoms with Crippen molar-refractivity contribution in [3.05, 3.63) is 0 Å². The molecule has 0 bridgehead atoms. The molecule has 68 valence electrons. The molecule has 0 radical (unpaired) electrons. The summed E-state index contributed by atoms with van der Waals surface area (Å²) in [6.07, 6.45) is 2.16. The van der Waals surface area contributed by atoms with E-state index in [1.165, 1.54) is 0 Å². The predicted octanol–water partition coefficient (Wildman–Crippen LogP) is -0.0509. The van der Waals surface area contributed by atoms with Crippen molar-refractivity contribution in [1.82, 2.24) is 0 Å². The van der Waals surface area contributed by atoms with E-state index in [0.717, 1.165) is 12.8 Å². The van der Waals surface area contributed by atoms with Gasteiger partial charge in [-0.25, -0.2) is 0 Å². The van der Waals surface area contributed by atoms with Crippen LogP contribution in [-0.4, -0.2) is 23.7 Å². The average Bonchev–Trinajstić information content (AvgIpc) is 1.88. The van der Waals surface area contributed by atoms with E-state index in [1.54, 1.807) is 0 Å². The molecule has 0 saturated carbocycles. The van der Waals surface area contributed by atoms with Gasteiger partial charge in [0.2, 0.25) is 0 Å². The van der Waals surface area contributed by atoms with Crippen LogP contribution < -0.4 is 11.5 Å². The molecule has 4 nitrogen and oxygen atoms in total. The molecule has 5 N–H and O–H groups in total. The third-order valence-electron chi connectivity index (χ3n) is 1.29. The van der Waals surface area contributed by atoms with Gasteiger partial charge in [-0.1, -0.05) is 6.42 Å². The number of aliphatic carboxylic acids is 1. The minimum atomic E-state index is -0.933. The van der Waals surface area contributed by atoms with Crippen molar-refractivity contribution in [2.45, 2.75) is 25.3 Å². The Labute approximate surface area is 72.4 Å². The minimum absolute atomic E-state index is 0. The molecule has 0 fully saturated rings. The summed E-state index contributed by atoms with van der Waals surface area (Å²) in [6.45, 7) is 0.604. The topological polar surface area (TPSA) is 89.3 Å². The standard InChI is InChI=1S/C6H14N2O2.ClH/c7-4-2-1-3-5(8)6(9)10;/h5H,1-4,7-8H2,(H,9,10);1H/t5-;/m0./s1/i1+2,2+2,3+2,4+2,5+2,6+2;. The zero-order chi connectivity index (χ0) is 7.98. The SMILES string of the molecule is Cl.N[14CH2][14CH2][14CH2][14CH2][14C@H](N)[14C](=O)O. The van der Waals surface area contributed by atoms with Crippen molar-refractivity contribution in [2.24, 2.45) is 11.5 Å². The normalized spacial score (nSPS) is 11.8. The lowest BCUT2D eigenvalue weighted by Gasteiger charge is -2.03. The van der Waals surface area contributed by atoms with Gasteiger partial charge >= 0.3 is 5.97 Å². The van der Waals surface area contributed by atoms with Crippen LogP contribution in [0.1, 0.15) is 19.3 Å². The number of unbranched alkanes of at least 4 members (excludes halogenated alkanes) is 1. The van der Waals surface area contributed by atoms with E-state index < -0.39 is 12.0 Å². The summed E-state index contributed by atoms with van der Waals surface area (Å²) in [5.41, 5.74) is 10.4. The van der Waals surface area contributed by atoms with Gasteiger partial charge in [0.05, 0.1) is 0 Å². The van der Waals surface area contributed by atoms with E-state index in [0.29, 0.717) is 13.0 Å². The molecular formula is C6H15ClN2O2. The van der Waals surface area contributed by atoms with Gasteiger partial charge in [-0.05, 0) is 19.4 Å². The smallest absolute Gasteiger partial charge is 0.320 e. The fourth-order valence-electron chi connectivity index (χ4n) is 0.632. The monoisotopic (exact) mass is 194 g/mol. The molecule has 0 aromatic rings. The summed E-state index contributed by atoms with van der Waals surface area (Å²) >= 11 is 0. The molecule has 0 aliphatic rings. The Morgan fingerprint density at radius 3 is 2.36 bits per heavy atom. The van der Waals surface area contributed by atoms with Crippen LogP contribution >= 0.6 is 12.4 Å². The highest BCUT2D eigenvalue weighted by molar-refractivity contribution is 5.85. The van der Waals surface area contributed by atoms with Gasteiger partial charge in [-0.15, -0.1) is 12.4 Å². The Balaban J connectivity index is 0. The van der Waals surface area contributed by atoms with E-state index in [4.69, 9.17) is 16.6 Å². The summed E-state index contributed by atoms with van der Waals surface area (Å²) in [7, 11) is 0. The summed E-state index contributed by atoms with van der Waals surface area (Å²) in [6, 6.07) is -0.716. The highest BCUT2D eigenvalue weighted by Gasteiger charge is 2.09. The Hall–Kier alpha value is -0.320. The Morgan fingerprint density at radius 2 is 2.00 bits per heavy atom. The first-order chi connectivity index (χ1) is 4.68. The number of carboxylic acids is 1. The van der Waals surface area contributed by atoms with Crippen molar-refractivity contribution in [2.75, 3.05) is 6.54 Å². The van der Waals surface area contributed by atoms with Gasteiger partial charge in [0.1, 0.15) is 6.04 Å². The van der Waals surface area contributed by atoms with Crippen LogP contribution in [0, 0.1) is 0 Å². The highest BCUT2D eigenvalue weighted by Crippen LogP contribution is 1.96. The number of carbonyl (C=O) groups is 1. The van der Waals surface area contributed by atoms with Crippen molar-refractivity contribution < 1.29 is 9.90 Å². The Kier molecular flexibility index (Phi) is 9.40. The van der Waals surface area contributed by atoms with E-state index in [1.807, 2.05) is 0 Å². The highest BCUT2D eigenvalue weighted by atomic mass is 35.5. The Morgan fingerprint density at radius 1 is 1.45 bits per heavy atom. The molecule has 0 rings (SSSR count). The van der Waals surface area contributed by atoms with Gasteiger partial charge in [0, 0.05) is 0 Å². The number of nitrogens with two attached hydrogens (primary N) is 2. The van der Waals surface area contributed by atoms with Crippen LogP contribution in [0.4, 0.5) is 0 Å². The van der Waals surface area contributed by atoms with Crippen molar-refractivity contribution in [3.63, 3.8) is 0 Å². The fourth-order valence-corrected chi connectivity index (χ4v) is 0.632. The second-order valence-corrected chi connectivity index (χ2v) is 2.23. The zero-order valence-electron chi connectivity index (χ0n) is 6.32. The molecule has 11 heavy (non-hydrogen) atoms. The lowest BCUT2D eigenvalue weighted by molar-refractivity contribution is -0.138. The molecule has 0 saturated heterocycles. The summed E-state index contributed by atoms with van der Waals surface area (Å²) in [5.74, 6) is -0.933. The maximum atomic E-state index is 10.1. The third-order valence-corrected chi connectivity index (χ3v) is 1.29. The quantitative estimate of drug-likeness (QED) is 0.536. The van der Waals surface area contributed by atoms with Gasteiger partial charge in [0.25, 0.3) is 0 Å². The van der Waals surface area contributed by atoms with Crippen molar-refractivity contribution in [1.29, 1.82) is 0 Å². The van der Waals surface area contributed by atoms with Gasteiger partial charge in [-0.2, -0.15) is 0 Å². The van der Waals surface area contributed by atoms with Crippen molar-refractivity contribution in [3.8, 4) is 0 Å². The van der Waals surface area contributed by atoms with Crippen LogP contribution in [-0.2, 0) is 4.79 Å². The number of halogens is 1. The van der Waals surface area contributed by atoms with Crippen LogP contribution in [0.15, 0.2) is 0 Å². The van der Waals surface area contributed by atoms with Crippen LogP contribution in [0.2, 0.25) is 0 Å². The Bertz CT molecular complexity index is 111. The summed E-state index contributed by atoms with van der Waals surface area (Å²) < 4.78 is 0. The number of hydrogen-bond donors (Lipinski definition) is 3. The lowest BCUT2D eigenvalue weighted by Crippen LogP contribution is -2.29. The van der Waals surface area contributed by atoms with Gasteiger partial charge in [-0.3, -0.25) is 4.79 Å². The maximum Gasteiger partial charge on any atom is 0.320 e. The van der Waals surface area contributed by atoms with Crippen LogP contribution in [0.3, 0.4) is 0 Å². The van der Waals surface area contributed by atoms with Crippen molar-refractivity contribution >= 4 is 18.4 Å². The first-order valence-corrected chi connectivity index (χ1v) is 3.37. The molecule has 1 atom stereocenters. The molecule has 0 aromatic carbocycles. The number of carboxylic acid groups (broad SMARTS) is 1. The maximum absolute atomic E-state index is 10.1. The first-order valence-electron chi connectivity index (χ1n) is 3.37. The molecule has 0 aromatic heterocycles. The molecule has 0 heterocycles. The minimum Gasteiger partial charge on any atom is -0.480 e. The predicted molar refractivity (Wildman–Crippen MR) is 45.8 cm³/mol. The fraction of sp³-hybridized carbons (Fsp3) is 0.833. The zero-order valence-corrected chi connectivity index (χ0v) is 7.14. The molecule has 0 unspecified atom stereocenters. The van der Waals surface area contributed by atoms with Gasteiger partial charge in [0.15, 0.2) is 0 Å². The molecule has 0 spiro atoms. The molecule has 0 aliphatic carbocycles. The first kappa shape index (κ1) is 13.3. The summed E-state index contributed by atoms with van der Waals surface area (Å²) in [5, 5.41) is 8.33. The second kappa shape index (κ2) is 7.78. The molecule has 0 aliphatic heterocycles. The molecular weight excluding hydrogens is 179 g/mol. The average molecular weight is 195 g/mol. The van der Waals surface area contributed by atoms with Gasteiger partial charge < -0.3 is 16.6 Å². The van der Waals surface area contributed by atoms with E-state index >= 15 is 0 Å². The third kappa shape index (κ3) is 7.58. The van der Waals surface area contributed by atoms with E-state index in [2.05, 4.69) is 0 Å². The van der Waals surface area contributed by atoms with E-state index in [9.17, 15) is 4.79 Å². The molecule has 0 amide bonds. The summed E-state index contributed by atoms with van der Waals surface area (Å²) in [4.78, 5) is 10.1. The van der Waals surface area contributed by atoms with E-state index in [-0.39, 0.29) is 12.4 Å². The largest absolute Gasteiger partial charge is 0.480 e. The van der Waals surface area contributed by atoms with Crippen LogP contribution in [0.25, 0.3) is 0 Å². The van der Waals surface area contributed by atoms with Crippen LogP contribution in [0.5, 0.6) is 0 Å². The number of hydrogen-bond acceptors (Lipinski definition) is 3. The molecule has 5 heteroatoms. The number of rotatable bonds is 5. The second-order valence-electron chi connectivity index (χ2n) is 2.23. The lowest BCUT2D eigenvalue weighted by atomic mass is 12.0.